The fourth-order valence-corrected chi connectivity index (χ4v) is 9.32. The lowest BCUT2D eigenvalue weighted by atomic mass is 9.93. The summed E-state index contributed by atoms with van der Waals surface area (Å²) in [6.45, 7) is 0. The maximum Gasteiger partial charge on any atom is 0.161 e. The first-order valence-electron chi connectivity index (χ1n) is 21.5. The lowest BCUT2D eigenvalue weighted by Gasteiger charge is -2.15. The lowest BCUT2D eigenvalue weighted by Crippen LogP contribution is -1.98. The molecule has 5 heteroatoms. The molecule has 298 valence electrons. The molecule has 5 nitrogen and oxygen atoms in total. The van der Waals surface area contributed by atoms with Gasteiger partial charge in [-0.25, -0.2) is 9.97 Å². The predicted octanol–water partition coefficient (Wildman–Crippen LogP) is 16.0. The molecular formula is C59H35N3O2. The number of furan rings is 2. The molecule has 13 rings (SSSR count). The van der Waals surface area contributed by atoms with Gasteiger partial charge in [-0.3, -0.25) is 4.98 Å². The average Bonchev–Trinajstić information content (AvgIpc) is 3.91. The van der Waals surface area contributed by atoms with Crippen LogP contribution in [-0.2, 0) is 0 Å². The number of hydrogen-bond acceptors (Lipinski definition) is 5. The second-order valence-corrected chi connectivity index (χ2v) is 16.4. The Morgan fingerprint density at radius 1 is 0.297 bits per heavy atom. The van der Waals surface area contributed by atoms with Crippen molar-refractivity contribution in [2.75, 3.05) is 0 Å². The van der Waals surface area contributed by atoms with Crippen LogP contribution in [0.5, 0.6) is 0 Å². The summed E-state index contributed by atoms with van der Waals surface area (Å²) in [4.78, 5) is 15.1. The molecule has 0 amide bonds. The normalized spacial score (nSPS) is 11.8. The maximum atomic E-state index is 6.45. The van der Waals surface area contributed by atoms with Crippen LogP contribution in [0.3, 0.4) is 0 Å². The minimum atomic E-state index is 0.639. The largest absolute Gasteiger partial charge is 0.456 e. The fraction of sp³-hybridized carbons (Fsp3) is 0. The van der Waals surface area contributed by atoms with E-state index in [-0.39, 0.29) is 0 Å². The van der Waals surface area contributed by atoms with Crippen LogP contribution in [0.1, 0.15) is 0 Å². The van der Waals surface area contributed by atoms with Crippen LogP contribution >= 0.6 is 0 Å². The van der Waals surface area contributed by atoms with Crippen molar-refractivity contribution < 1.29 is 8.83 Å². The number of nitrogens with zero attached hydrogens (tertiary/aromatic N) is 3. The minimum Gasteiger partial charge on any atom is -0.456 e. The Kier molecular flexibility index (Phi) is 8.15. The first-order valence-corrected chi connectivity index (χ1v) is 21.5. The van der Waals surface area contributed by atoms with Crippen molar-refractivity contribution >= 4 is 65.4 Å². The monoisotopic (exact) mass is 817 g/mol. The van der Waals surface area contributed by atoms with Gasteiger partial charge in [-0.05, 0) is 128 Å². The quantitative estimate of drug-likeness (QED) is 0.167. The zero-order valence-corrected chi connectivity index (χ0v) is 34.4. The van der Waals surface area contributed by atoms with Gasteiger partial charge in [0.05, 0.1) is 11.4 Å². The number of pyridine rings is 1. The van der Waals surface area contributed by atoms with Crippen LogP contribution in [0, 0.1) is 0 Å². The van der Waals surface area contributed by atoms with Gasteiger partial charge in [0, 0.05) is 56.2 Å². The van der Waals surface area contributed by atoms with E-state index in [4.69, 9.17) is 18.8 Å². The molecule has 0 radical (unpaired) electrons. The lowest BCUT2D eigenvalue weighted by molar-refractivity contribution is 0.669. The average molecular weight is 818 g/mol. The highest BCUT2D eigenvalue weighted by molar-refractivity contribution is 6.12. The van der Waals surface area contributed by atoms with Crippen molar-refractivity contribution in [2.24, 2.45) is 0 Å². The smallest absolute Gasteiger partial charge is 0.161 e. The summed E-state index contributed by atoms with van der Waals surface area (Å²) in [5.41, 5.74) is 14.3. The molecule has 0 fully saturated rings. The molecule has 0 aliphatic heterocycles. The highest BCUT2D eigenvalue weighted by Gasteiger charge is 2.18. The minimum absolute atomic E-state index is 0.639. The summed E-state index contributed by atoms with van der Waals surface area (Å²) in [7, 11) is 0. The van der Waals surface area contributed by atoms with Gasteiger partial charge < -0.3 is 8.83 Å². The Bertz CT molecular complexity index is 3790. The second-order valence-electron chi connectivity index (χ2n) is 16.4. The van der Waals surface area contributed by atoms with E-state index in [1.807, 2.05) is 24.4 Å². The Morgan fingerprint density at radius 3 is 1.36 bits per heavy atom. The van der Waals surface area contributed by atoms with Gasteiger partial charge in [0.1, 0.15) is 22.3 Å². The molecule has 4 aromatic heterocycles. The zero-order chi connectivity index (χ0) is 42.1. The van der Waals surface area contributed by atoms with Crippen molar-refractivity contribution in [3.8, 4) is 67.3 Å². The van der Waals surface area contributed by atoms with E-state index in [2.05, 4.69) is 187 Å². The Morgan fingerprint density at radius 2 is 0.781 bits per heavy atom. The van der Waals surface area contributed by atoms with Crippen LogP contribution in [0.25, 0.3) is 133 Å². The maximum absolute atomic E-state index is 6.45. The standard InChI is InChI=1S/C59H35N3O2/c1-2-11-36(12-3-1)53-34-54(62-59(61-53)48-19-9-8-18-47(48)43-17-10-24-60-35-43)46-26-44(41-20-22-55-49(30-41)51-28-37-13-4-6-15-39(37)32-57(51)63-55)25-45(27-46)42-21-23-56-50(31-42)52-29-38-14-5-7-16-40(38)33-58(52)64-56/h1-35H. The Hall–Kier alpha value is -8.67. The first kappa shape index (κ1) is 36.0. The van der Waals surface area contributed by atoms with Gasteiger partial charge in [-0.2, -0.15) is 0 Å². The van der Waals surface area contributed by atoms with Gasteiger partial charge in [-0.15, -0.1) is 0 Å². The number of aromatic nitrogens is 3. The van der Waals surface area contributed by atoms with E-state index < -0.39 is 0 Å². The highest BCUT2D eigenvalue weighted by Crippen LogP contribution is 2.41. The van der Waals surface area contributed by atoms with E-state index in [9.17, 15) is 0 Å². The molecule has 4 heterocycles. The first-order chi connectivity index (χ1) is 31.6. The van der Waals surface area contributed by atoms with Crippen LogP contribution in [0.2, 0.25) is 0 Å². The molecule has 0 saturated heterocycles. The van der Waals surface area contributed by atoms with Crippen molar-refractivity contribution in [1.29, 1.82) is 0 Å². The van der Waals surface area contributed by atoms with Gasteiger partial charge in [-0.1, -0.05) is 121 Å². The molecule has 9 aromatic carbocycles. The van der Waals surface area contributed by atoms with Crippen LogP contribution in [-0.4, -0.2) is 15.0 Å². The van der Waals surface area contributed by atoms with Gasteiger partial charge in [0.15, 0.2) is 5.82 Å². The number of benzene rings is 9. The highest BCUT2D eigenvalue weighted by atomic mass is 16.3. The van der Waals surface area contributed by atoms with Crippen LogP contribution < -0.4 is 0 Å². The zero-order valence-electron chi connectivity index (χ0n) is 34.4. The SMILES string of the molecule is c1ccc(-c2cc(-c3cc(-c4ccc5oc6cc7ccccc7cc6c5c4)cc(-c4ccc5oc6cc7ccccc7cc6c5c4)c3)nc(-c3ccccc3-c3cccnc3)n2)cc1. The molecule has 0 aliphatic carbocycles. The fourth-order valence-electron chi connectivity index (χ4n) is 9.32. The van der Waals surface area contributed by atoms with Crippen molar-refractivity contribution in [3.63, 3.8) is 0 Å². The molecule has 13 aromatic rings. The van der Waals surface area contributed by atoms with E-state index in [0.29, 0.717) is 5.82 Å². The van der Waals surface area contributed by atoms with E-state index in [0.717, 1.165) is 116 Å². The number of hydrogen-bond donors (Lipinski definition) is 0. The Labute approximate surface area is 367 Å². The third-order valence-corrected chi connectivity index (χ3v) is 12.5. The summed E-state index contributed by atoms with van der Waals surface area (Å²) in [5, 5.41) is 9.02. The van der Waals surface area contributed by atoms with Gasteiger partial charge >= 0.3 is 0 Å². The molecule has 0 unspecified atom stereocenters. The van der Waals surface area contributed by atoms with Crippen LogP contribution in [0.15, 0.2) is 221 Å². The Balaban J connectivity index is 1.04. The van der Waals surface area contributed by atoms with Crippen molar-refractivity contribution in [3.05, 3.63) is 213 Å². The van der Waals surface area contributed by atoms with E-state index in [1.54, 1.807) is 6.20 Å². The number of fused-ring (bicyclic) bond motifs is 8. The molecular weight excluding hydrogens is 783 g/mol. The third-order valence-electron chi connectivity index (χ3n) is 12.5. The topological polar surface area (TPSA) is 65.0 Å². The summed E-state index contributed by atoms with van der Waals surface area (Å²) in [6.07, 6.45) is 3.69. The van der Waals surface area contributed by atoms with E-state index >= 15 is 0 Å². The molecule has 0 N–H and O–H groups in total. The molecule has 64 heavy (non-hydrogen) atoms. The summed E-state index contributed by atoms with van der Waals surface area (Å²) in [6, 6.07) is 70.3. The molecule has 0 saturated carbocycles. The second kappa shape index (κ2) is 14.5. The molecule has 0 bridgehead atoms. The van der Waals surface area contributed by atoms with Gasteiger partial charge in [0.25, 0.3) is 0 Å². The summed E-state index contributed by atoms with van der Waals surface area (Å²) in [5.74, 6) is 0.639. The molecule has 0 aliphatic rings. The van der Waals surface area contributed by atoms with Crippen molar-refractivity contribution in [2.45, 2.75) is 0 Å². The third kappa shape index (κ3) is 6.13. The predicted molar refractivity (Wildman–Crippen MR) is 262 cm³/mol. The molecule has 0 spiro atoms. The van der Waals surface area contributed by atoms with Crippen LogP contribution in [0.4, 0.5) is 0 Å². The molecule has 0 atom stereocenters. The summed E-state index contributed by atoms with van der Waals surface area (Å²) >= 11 is 0. The van der Waals surface area contributed by atoms with Gasteiger partial charge in [0.2, 0.25) is 0 Å². The number of rotatable bonds is 6. The van der Waals surface area contributed by atoms with Crippen molar-refractivity contribution in [1.82, 2.24) is 15.0 Å². The summed E-state index contributed by atoms with van der Waals surface area (Å²) < 4.78 is 12.9. The van der Waals surface area contributed by atoms with E-state index in [1.165, 1.54) is 10.8 Å².